The van der Waals surface area contributed by atoms with Gasteiger partial charge in [0.05, 0.1) is 11.9 Å². The summed E-state index contributed by atoms with van der Waals surface area (Å²) in [5.74, 6) is -1.73. The molecule has 0 aliphatic rings. The van der Waals surface area contributed by atoms with Crippen LogP contribution in [0.2, 0.25) is 0 Å². The molecule has 7 nitrogen and oxygen atoms in total. The van der Waals surface area contributed by atoms with Gasteiger partial charge in [0.1, 0.15) is 18.4 Å². The molecule has 0 unspecified atom stereocenters. The highest BCUT2D eigenvalue weighted by atomic mass is 32.2. The Balaban J connectivity index is 2.07. The molecule has 0 fully saturated rings. The molecule has 0 aliphatic heterocycles. The second kappa shape index (κ2) is 13.4. The Morgan fingerprint density at radius 3 is 2.21 bits per heavy atom. The van der Waals surface area contributed by atoms with Crippen molar-refractivity contribution in [2.24, 2.45) is 0 Å². The molecule has 2 amide bonds. The standard InChI is InChI=1S/C30H36FN3O4S/c1-5-23(3)32-30(36)28(19-24-13-7-6-8-14-24)33(20-25-15-11-12-22(2)18-25)29(35)21-34(39(4,37)38)27-17-10-9-16-26(27)31/h6-18,23,28H,5,19-21H2,1-4H3,(H,32,36)/t23-,28-/m0/s1. The Labute approximate surface area is 230 Å². The van der Waals surface area contributed by atoms with Crippen LogP contribution in [-0.2, 0) is 32.6 Å². The molecule has 0 radical (unpaired) electrons. The first-order valence-corrected chi connectivity index (χ1v) is 14.8. The van der Waals surface area contributed by atoms with E-state index in [0.29, 0.717) is 6.42 Å². The molecule has 0 saturated carbocycles. The van der Waals surface area contributed by atoms with Gasteiger partial charge in [0.25, 0.3) is 0 Å². The molecular formula is C30H36FN3O4S. The fourth-order valence-electron chi connectivity index (χ4n) is 4.25. The highest BCUT2D eigenvalue weighted by molar-refractivity contribution is 7.92. The van der Waals surface area contributed by atoms with Gasteiger partial charge in [0, 0.05) is 19.0 Å². The summed E-state index contributed by atoms with van der Waals surface area (Å²) in [7, 11) is -4.03. The Bertz CT molecular complexity index is 1380. The number of rotatable bonds is 12. The fraction of sp³-hybridized carbons (Fsp3) is 0.333. The molecule has 0 saturated heterocycles. The largest absolute Gasteiger partial charge is 0.352 e. The monoisotopic (exact) mass is 553 g/mol. The summed E-state index contributed by atoms with van der Waals surface area (Å²) in [6, 6.07) is 21.2. The lowest BCUT2D eigenvalue weighted by Gasteiger charge is -2.34. The van der Waals surface area contributed by atoms with E-state index in [1.165, 1.54) is 23.1 Å². The van der Waals surface area contributed by atoms with Crippen molar-refractivity contribution in [3.8, 4) is 0 Å². The third-order valence-electron chi connectivity index (χ3n) is 6.51. The van der Waals surface area contributed by atoms with Gasteiger partial charge in [-0.25, -0.2) is 12.8 Å². The predicted octanol–water partition coefficient (Wildman–Crippen LogP) is 4.45. The molecule has 0 aromatic heterocycles. The minimum atomic E-state index is -4.03. The lowest BCUT2D eigenvalue weighted by atomic mass is 10.0. The van der Waals surface area contributed by atoms with Crippen LogP contribution in [0.5, 0.6) is 0 Å². The highest BCUT2D eigenvalue weighted by Crippen LogP contribution is 2.23. The van der Waals surface area contributed by atoms with Crippen LogP contribution in [0.4, 0.5) is 10.1 Å². The van der Waals surface area contributed by atoms with Crippen LogP contribution in [0.15, 0.2) is 78.9 Å². The van der Waals surface area contributed by atoms with E-state index in [4.69, 9.17) is 0 Å². The van der Waals surface area contributed by atoms with E-state index < -0.39 is 34.3 Å². The number of hydrogen-bond donors (Lipinski definition) is 1. The van der Waals surface area contributed by atoms with Crippen LogP contribution in [0.25, 0.3) is 0 Å². The number of sulfonamides is 1. The van der Waals surface area contributed by atoms with Gasteiger partial charge in [-0.15, -0.1) is 0 Å². The molecule has 208 valence electrons. The number of carbonyl (C=O) groups excluding carboxylic acids is 2. The van der Waals surface area contributed by atoms with Gasteiger partial charge in [-0.3, -0.25) is 13.9 Å². The lowest BCUT2D eigenvalue weighted by Crippen LogP contribution is -2.54. The number of para-hydroxylation sites is 1. The molecule has 0 heterocycles. The second-order valence-corrected chi connectivity index (χ2v) is 11.7. The van der Waals surface area contributed by atoms with Gasteiger partial charge in [-0.05, 0) is 43.5 Å². The molecule has 3 aromatic rings. The number of aryl methyl sites for hydroxylation is 1. The molecule has 0 spiro atoms. The maximum Gasteiger partial charge on any atom is 0.244 e. The molecule has 0 bridgehead atoms. The molecule has 9 heteroatoms. The molecular weight excluding hydrogens is 517 g/mol. The first kappa shape index (κ1) is 29.8. The SMILES string of the molecule is CC[C@H](C)NC(=O)[C@H](Cc1ccccc1)N(Cc1cccc(C)c1)C(=O)CN(c1ccccc1F)S(C)(=O)=O. The van der Waals surface area contributed by atoms with Crippen molar-refractivity contribution in [2.75, 3.05) is 17.1 Å². The zero-order valence-corrected chi connectivity index (χ0v) is 23.6. The number of nitrogens with zero attached hydrogens (tertiary/aromatic N) is 2. The highest BCUT2D eigenvalue weighted by Gasteiger charge is 2.34. The number of amides is 2. The zero-order chi connectivity index (χ0) is 28.6. The Hall–Kier alpha value is -3.72. The van der Waals surface area contributed by atoms with Crippen molar-refractivity contribution in [3.63, 3.8) is 0 Å². The van der Waals surface area contributed by atoms with Crippen LogP contribution < -0.4 is 9.62 Å². The second-order valence-electron chi connectivity index (χ2n) is 9.76. The number of halogens is 1. The van der Waals surface area contributed by atoms with Crippen molar-refractivity contribution < 1.29 is 22.4 Å². The molecule has 1 N–H and O–H groups in total. The maximum atomic E-state index is 14.7. The quantitative estimate of drug-likeness (QED) is 0.359. The van der Waals surface area contributed by atoms with E-state index >= 15 is 0 Å². The summed E-state index contributed by atoms with van der Waals surface area (Å²) in [5.41, 5.74) is 2.38. The third kappa shape index (κ3) is 8.38. The molecule has 3 rings (SSSR count). The summed E-state index contributed by atoms with van der Waals surface area (Å²) >= 11 is 0. The van der Waals surface area contributed by atoms with Gasteiger partial charge in [-0.1, -0.05) is 79.2 Å². The number of nitrogens with one attached hydrogen (secondary N) is 1. The van der Waals surface area contributed by atoms with Crippen LogP contribution in [-0.4, -0.2) is 50.0 Å². The van der Waals surface area contributed by atoms with Crippen molar-refractivity contribution in [1.29, 1.82) is 0 Å². The molecule has 2 atom stereocenters. The van der Waals surface area contributed by atoms with Gasteiger partial charge >= 0.3 is 0 Å². The third-order valence-corrected chi connectivity index (χ3v) is 7.63. The topological polar surface area (TPSA) is 86.8 Å². The number of anilines is 1. The average molecular weight is 554 g/mol. The summed E-state index contributed by atoms with van der Waals surface area (Å²) < 4.78 is 40.9. The van der Waals surface area contributed by atoms with Gasteiger partial charge in [0.2, 0.25) is 21.8 Å². The first-order valence-electron chi connectivity index (χ1n) is 12.9. The first-order chi connectivity index (χ1) is 18.5. The minimum absolute atomic E-state index is 0.0703. The van der Waals surface area contributed by atoms with Gasteiger partial charge in [0.15, 0.2) is 0 Å². The smallest absolute Gasteiger partial charge is 0.244 e. The summed E-state index contributed by atoms with van der Waals surface area (Å²) in [6.45, 7) is 5.17. The van der Waals surface area contributed by atoms with E-state index in [2.05, 4.69) is 5.32 Å². The average Bonchev–Trinajstić information content (AvgIpc) is 2.89. The van der Waals surface area contributed by atoms with Gasteiger partial charge < -0.3 is 10.2 Å². The number of carbonyl (C=O) groups is 2. The minimum Gasteiger partial charge on any atom is -0.352 e. The van der Waals surface area contributed by atoms with Crippen LogP contribution in [0.1, 0.15) is 37.0 Å². The van der Waals surface area contributed by atoms with E-state index in [1.54, 1.807) is 0 Å². The van der Waals surface area contributed by atoms with Gasteiger partial charge in [-0.2, -0.15) is 0 Å². The lowest BCUT2D eigenvalue weighted by molar-refractivity contribution is -0.140. The summed E-state index contributed by atoms with van der Waals surface area (Å²) in [4.78, 5) is 29.0. The molecule has 0 aliphatic carbocycles. The number of benzene rings is 3. The van der Waals surface area contributed by atoms with Crippen molar-refractivity contribution in [1.82, 2.24) is 10.2 Å². The van der Waals surface area contributed by atoms with Crippen LogP contribution in [0.3, 0.4) is 0 Å². The normalized spacial score (nSPS) is 12.8. The van der Waals surface area contributed by atoms with Crippen molar-refractivity contribution >= 4 is 27.5 Å². The Morgan fingerprint density at radius 1 is 0.949 bits per heavy atom. The Kier molecular flexibility index (Phi) is 10.2. The van der Waals surface area contributed by atoms with Crippen LogP contribution in [0, 0.1) is 12.7 Å². The predicted molar refractivity (Wildman–Crippen MR) is 152 cm³/mol. The zero-order valence-electron chi connectivity index (χ0n) is 22.8. The molecule has 3 aromatic carbocycles. The van der Waals surface area contributed by atoms with Crippen LogP contribution >= 0.6 is 0 Å². The van der Waals surface area contributed by atoms with E-state index in [0.717, 1.165) is 33.3 Å². The van der Waals surface area contributed by atoms with Crippen molar-refractivity contribution in [2.45, 2.75) is 52.2 Å². The maximum absolute atomic E-state index is 14.7. The van der Waals surface area contributed by atoms with E-state index in [9.17, 15) is 22.4 Å². The summed E-state index contributed by atoms with van der Waals surface area (Å²) in [6.07, 6.45) is 1.85. The van der Waals surface area contributed by atoms with E-state index in [1.807, 2.05) is 75.4 Å². The molecule has 39 heavy (non-hydrogen) atoms. The van der Waals surface area contributed by atoms with Crippen molar-refractivity contribution in [3.05, 3.63) is 101 Å². The number of hydrogen-bond acceptors (Lipinski definition) is 4. The Morgan fingerprint density at radius 2 is 1.59 bits per heavy atom. The summed E-state index contributed by atoms with van der Waals surface area (Å²) in [5, 5.41) is 2.98. The fourth-order valence-corrected chi connectivity index (χ4v) is 5.10. The van der Waals surface area contributed by atoms with E-state index in [-0.39, 0.29) is 30.6 Å².